The summed E-state index contributed by atoms with van der Waals surface area (Å²) in [7, 11) is 3.52. The van der Waals surface area contributed by atoms with E-state index in [1.165, 1.54) is 11.8 Å². The number of aromatic nitrogens is 3. The first kappa shape index (κ1) is 19.0. The molecular formula is C20H22N4O2S. The molecule has 1 atom stereocenters. The number of carbonyl (C=O) groups excluding carboxylic acids is 1. The summed E-state index contributed by atoms with van der Waals surface area (Å²) in [6.45, 7) is 2.37. The van der Waals surface area contributed by atoms with E-state index in [-0.39, 0.29) is 11.2 Å². The van der Waals surface area contributed by atoms with E-state index in [1.807, 2.05) is 73.1 Å². The van der Waals surface area contributed by atoms with Crippen LogP contribution in [0.2, 0.25) is 0 Å². The van der Waals surface area contributed by atoms with Crippen molar-refractivity contribution in [1.82, 2.24) is 20.1 Å². The molecule has 0 aliphatic heterocycles. The Morgan fingerprint density at radius 1 is 1.15 bits per heavy atom. The Labute approximate surface area is 163 Å². The third-order valence-corrected chi connectivity index (χ3v) is 5.28. The van der Waals surface area contributed by atoms with Crippen molar-refractivity contribution in [2.75, 3.05) is 7.11 Å². The number of hydrogen-bond acceptors (Lipinski definition) is 5. The highest BCUT2D eigenvalue weighted by atomic mass is 32.2. The Morgan fingerprint density at radius 2 is 1.85 bits per heavy atom. The van der Waals surface area contributed by atoms with Crippen LogP contribution < -0.4 is 10.1 Å². The molecule has 3 rings (SSSR count). The number of carbonyl (C=O) groups is 1. The lowest BCUT2D eigenvalue weighted by Gasteiger charge is -2.12. The van der Waals surface area contributed by atoms with Crippen molar-refractivity contribution in [2.24, 2.45) is 7.05 Å². The number of ether oxygens (including phenoxy) is 1. The van der Waals surface area contributed by atoms with Crippen molar-refractivity contribution in [1.29, 1.82) is 0 Å². The fraction of sp³-hybridized carbons (Fsp3) is 0.250. The van der Waals surface area contributed by atoms with E-state index in [0.29, 0.717) is 17.5 Å². The van der Waals surface area contributed by atoms with Crippen molar-refractivity contribution in [3.8, 4) is 17.1 Å². The van der Waals surface area contributed by atoms with E-state index in [9.17, 15) is 4.79 Å². The van der Waals surface area contributed by atoms with Crippen LogP contribution in [0.1, 0.15) is 12.5 Å². The molecule has 1 amide bonds. The molecule has 3 aromatic rings. The molecule has 0 fully saturated rings. The molecule has 2 aromatic carbocycles. The smallest absolute Gasteiger partial charge is 0.233 e. The molecule has 0 bridgehead atoms. The van der Waals surface area contributed by atoms with E-state index < -0.39 is 0 Å². The molecule has 6 nitrogen and oxygen atoms in total. The van der Waals surface area contributed by atoms with Crippen molar-refractivity contribution in [2.45, 2.75) is 23.9 Å². The lowest BCUT2D eigenvalue weighted by Crippen LogP contribution is -2.30. The molecular weight excluding hydrogens is 360 g/mol. The van der Waals surface area contributed by atoms with Crippen LogP contribution in [0, 0.1) is 0 Å². The van der Waals surface area contributed by atoms with Crippen LogP contribution in [0.3, 0.4) is 0 Å². The predicted octanol–water partition coefficient (Wildman–Crippen LogP) is 3.29. The third kappa shape index (κ3) is 4.49. The van der Waals surface area contributed by atoms with Gasteiger partial charge < -0.3 is 14.6 Å². The average Bonchev–Trinajstić information content (AvgIpc) is 3.06. The number of amides is 1. The number of para-hydroxylation sites is 1. The molecule has 27 heavy (non-hydrogen) atoms. The highest BCUT2D eigenvalue weighted by Crippen LogP contribution is 2.31. The highest BCUT2D eigenvalue weighted by molar-refractivity contribution is 8.00. The molecule has 0 radical (unpaired) electrons. The van der Waals surface area contributed by atoms with Crippen LogP contribution in [0.15, 0.2) is 59.8 Å². The van der Waals surface area contributed by atoms with Gasteiger partial charge in [-0.1, -0.05) is 54.2 Å². The maximum Gasteiger partial charge on any atom is 0.233 e. The van der Waals surface area contributed by atoms with Gasteiger partial charge in [0.15, 0.2) is 11.0 Å². The Bertz CT molecular complexity index is 911. The molecule has 1 N–H and O–H groups in total. The molecule has 0 aliphatic rings. The van der Waals surface area contributed by atoms with Crippen LogP contribution >= 0.6 is 11.8 Å². The number of rotatable bonds is 7. The topological polar surface area (TPSA) is 69.0 Å². The molecule has 140 valence electrons. The molecule has 0 spiro atoms. The zero-order chi connectivity index (χ0) is 19.2. The first-order chi connectivity index (χ1) is 13.1. The standard InChI is InChI=1S/C20H22N4O2S/c1-14(19(25)21-13-15-9-5-4-6-10-15)27-20-23-22-18(24(20)2)16-11-7-8-12-17(16)26-3/h4-12,14H,13H2,1-3H3,(H,21,25). The Kier molecular flexibility index (Phi) is 6.13. The second-order valence-corrected chi connectivity index (χ2v) is 7.34. The molecule has 0 saturated heterocycles. The highest BCUT2D eigenvalue weighted by Gasteiger charge is 2.20. The van der Waals surface area contributed by atoms with Crippen molar-refractivity contribution in [3.05, 3.63) is 60.2 Å². The minimum absolute atomic E-state index is 0.0364. The summed E-state index contributed by atoms with van der Waals surface area (Å²) in [6.07, 6.45) is 0. The predicted molar refractivity (Wildman–Crippen MR) is 107 cm³/mol. The summed E-state index contributed by atoms with van der Waals surface area (Å²) in [6, 6.07) is 17.5. The number of thioether (sulfide) groups is 1. The van der Waals surface area contributed by atoms with E-state index in [0.717, 1.165) is 16.9 Å². The Balaban J connectivity index is 1.67. The third-order valence-electron chi connectivity index (χ3n) is 4.14. The second-order valence-electron chi connectivity index (χ2n) is 6.03. The maximum atomic E-state index is 12.4. The zero-order valence-electron chi connectivity index (χ0n) is 15.5. The first-order valence-electron chi connectivity index (χ1n) is 8.61. The number of benzene rings is 2. The minimum Gasteiger partial charge on any atom is -0.496 e. The van der Waals surface area contributed by atoms with Crippen LogP contribution in [-0.2, 0) is 18.4 Å². The van der Waals surface area contributed by atoms with Gasteiger partial charge in [-0.05, 0) is 24.6 Å². The summed E-state index contributed by atoms with van der Waals surface area (Å²) >= 11 is 1.38. The van der Waals surface area contributed by atoms with Gasteiger partial charge in [0.1, 0.15) is 5.75 Å². The van der Waals surface area contributed by atoms with Gasteiger partial charge in [-0.3, -0.25) is 4.79 Å². The van der Waals surface area contributed by atoms with Crippen LogP contribution in [-0.4, -0.2) is 33.0 Å². The van der Waals surface area contributed by atoms with Crippen molar-refractivity contribution >= 4 is 17.7 Å². The second kappa shape index (κ2) is 8.73. The minimum atomic E-state index is -0.290. The largest absolute Gasteiger partial charge is 0.496 e. The molecule has 0 saturated carbocycles. The fourth-order valence-corrected chi connectivity index (χ4v) is 3.46. The van der Waals surface area contributed by atoms with E-state index in [4.69, 9.17) is 4.74 Å². The molecule has 1 unspecified atom stereocenters. The van der Waals surface area contributed by atoms with Gasteiger partial charge in [0.2, 0.25) is 5.91 Å². The lowest BCUT2D eigenvalue weighted by molar-refractivity contribution is -0.120. The number of nitrogens with one attached hydrogen (secondary N) is 1. The Hall–Kier alpha value is -2.80. The van der Waals surface area contributed by atoms with Crippen LogP contribution in [0.25, 0.3) is 11.4 Å². The fourth-order valence-electron chi connectivity index (χ4n) is 2.62. The van der Waals surface area contributed by atoms with Crippen molar-refractivity contribution < 1.29 is 9.53 Å². The van der Waals surface area contributed by atoms with Gasteiger partial charge in [0.05, 0.1) is 17.9 Å². The van der Waals surface area contributed by atoms with E-state index in [2.05, 4.69) is 15.5 Å². The number of methoxy groups -OCH3 is 1. The van der Waals surface area contributed by atoms with Gasteiger partial charge in [0, 0.05) is 13.6 Å². The van der Waals surface area contributed by atoms with Crippen molar-refractivity contribution in [3.63, 3.8) is 0 Å². The molecule has 0 aliphatic carbocycles. The number of nitrogens with zero attached hydrogens (tertiary/aromatic N) is 3. The SMILES string of the molecule is COc1ccccc1-c1nnc(SC(C)C(=O)NCc2ccccc2)n1C. The molecule has 1 heterocycles. The lowest BCUT2D eigenvalue weighted by atomic mass is 10.2. The normalized spacial score (nSPS) is 11.8. The quantitative estimate of drug-likeness (QED) is 0.635. The van der Waals surface area contributed by atoms with E-state index in [1.54, 1.807) is 7.11 Å². The summed E-state index contributed by atoms with van der Waals surface area (Å²) in [4.78, 5) is 12.4. The Morgan fingerprint density at radius 3 is 2.59 bits per heavy atom. The summed E-state index contributed by atoms with van der Waals surface area (Å²) < 4.78 is 7.28. The van der Waals surface area contributed by atoms with Gasteiger partial charge in [0.25, 0.3) is 0 Å². The average molecular weight is 382 g/mol. The summed E-state index contributed by atoms with van der Waals surface area (Å²) in [5.41, 5.74) is 1.93. The number of hydrogen-bond donors (Lipinski definition) is 1. The van der Waals surface area contributed by atoms with Gasteiger partial charge >= 0.3 is 0 Å². The zero-order valence-corrected chi connectivity index (χ0v) is 16.4. The first-order valence-corrected chi connectivity index (χ1v) is 9.49. The van der Waals surface area contributed by atoms with Gasteiger partial charge in [-0.25, -0.2) is 0 Å². The summed E-state index contributed by atoms with van der Waals surface area (Å²) in [5.74, 6) is 1.40. The van der Waals surface area contributed by atoms with Gasteiger partial charge in [-0.15, -0.1) is 10.2 Å². The van der Waals surface area contributed by atoms with Gasteiger partial charge in [-0.2, -0.15) is 0 Å². The summed E-state index contributed by atoms with van der Waals surface area (Å²) in [5, 5.41) is 11.9. The maximum absolute atomic E-state index is 12.4. The molecule has 7 heteroatoms. The molecule has 1 aromatic heterocycles. The van der Waals surface area contributed by atoms with Crippen LogP contribution in [0.5, 0.6) is 5.75 Å². The van der Waals surface area contributed by atoms with E-state index >= 15 is 0 Å². The monoisotopic (exact) mass is 382 g/mol. The van der Waals surface area contributed by atoms with Crippen LogP contribution in [0.4, 0.5) is 0 Å².